The molecule has 0 saturated heterocycles. The number of benzene rings is 2. The largest absolute Gasteiger partial charge is 0.482 e. The summed E-state index contributed by atoms with van der Waals surface area (Å²) in [5, 5.41) is 2.18. The third kappa shape index (κ3) is 2.65. The first kappa shape index (κ1) is 14.1. The molecule has 5 nitrogen and oxygen atoms in total. The molecule has 0 radical (unpaired) electrons. The maximum absolute atomic E-state index is 12.0. The first-order chi connectivity index (χ1) is 10.7. The molecule has 22 heavy (non-hydrogen) atoms. The third-order valence-corrected chi connectivity index (χ3v) is 3.25. The standard InChI is InChI=1S/C17H14O5/c1-2-20-16(18)10-21-11-7-8-13-12-5-3-4-6-14(12)17(19)22-15(13)9-11/h3-9H,2,10H2,1H3. The second-order valence-electron chi connectivity index (χ2n) is 4.69. The SMILES string of the molecule is CCOC(=O)COc1ccc2c(c1)oc(=O)c1ccccc12. The third-order valence-electron chi connectivity index (χ3n) is 3.25. The van der Waals surface area contributed by atoms with Crippen molar-refractivity contribution in [2.75, 3.05) is 13.2 Å². The number of carbonyl (C=O) groups is 1. The molecule has 0 atom stereocenters. The van der Waals surface area contributed by atoms with Crippen LogP contribution in [0.25, 0.3) is 21.7 Å². The summed E-state index contributed by atoms with van der Waals surface area (Å²) in [4.78, 5) is 23.3. The van der Waals surface area contributed by atoms with Gasteiger partial charge in [-0.05, 0) is 30.5 Å². The molecule has 5 heteroatoms. The van der Waals surface area contributed by atoms with E-state index in [4.69, 9.17) is 13.9 Å². The summed E-state index contributed by atoms with van der Waals surface area (Å²) in [5.74, 6) is 0.00143. The van der Waals surface area contributed by atoms with Crippen molar-refractivity contribution in [3.05, 3.63) is 52.9 Å². The van der Waals surface area contributed by atoms with E-state index in [1.807, 2.05) is 12.1 Å². The number of hydrogen-bond acceptors (Lipinski definition) is 5. The smallest absolute Gasteiger partial charge is 0.344 e. The number of rotatable bonds is 4. The van der Waals surface area contributed by atoms with Gasteiger partial charge in [0.15, 0.2) is 6.61 Å². The monoisotopic (exact) mass is 298 g/mol. The second kappa shape index (κ2) is 5.89. The lowest BCUT2D eigenvalue weighted by molar-refractivity contribution is -0.145. The predicted molar refractivity (Wildman–Crippen MR) is 82.1 cm³/mol. The van der Waals surface area contributed by atoms with Crippen molar-refractivity contribution < 1.29 is 18.7 Å². The van der Waals surface area contributed by atoms with Gasteiger partial charge < -0.3 is 13.9 Å². The minimum Gasteiger partial charge on any atom is -0.482 e. The quantitative estimate of drug-likeness (QED) is 0.421. The molecule has 0 saturated carbocycles. The van der Waals surface area contributed by atoms with E-state index in [2.05, 4.69) is 0 Å². The summed E-state index contributed by atoms with van der Waals surface area (Å²) in [6.07, 6.45) is 0. The molecule has 0 spiro atoms. The molecule has 0 unspecified atom stereocenters. The Morgan fingerprint density at radius 3 is 2.64 bits per heavy atom. The van der Waals surface area contributed by atoms with E-state index in [1.165, 1.54) is 0 Å². The van der Waals surface area contributed by atoms with Crippen molar-refractivity contribution in [3.8, 4) is 5.75 Å². The van der Waals surface area contributed by atoms with Gasteiger partial charge in [-0.15, -0.1) is 0 Å². The Morgan fingerprint density at radius 2 is 1.86 bits per heavy atom. The number of hydrogen-bond donors (Lipinski definition) is 0. The van der Waals surface area contributed by atoms with Crippen LogP contribution in [-0.4, -0.2) is 19.2 Å². The molecule has 0 aliphatic rings. The van der Waals surface area contributed by atoms with Crippen LogP contribution < -0.4 is 10.4 Å². The maximum Gasteiger partial charge on any atom is 0.344 e. The molecule has 0 aliphatic carbocycles. The van der Waals surface area contributed by atoms with Crippen molar-refractivity contribution in [2.45, 2.75) is 6.92 Å². The number of fused-ring (bicyclic) bond motifs is 3. The zero-order valence-electron chi connectivity index (χ0n) is 12.0. The fraction of sp³-hybridized carbons (Fsp3) is 0.176. The summed E-state index contributed by atoms with van der Waals surface area (Å²) in [6, 6.07) is 12.4. The van der Waals surface area contributed by atoms with E-state index in [9.17, 15) is 9.59 Å². The van der Waals surface area contributed by atoms with E-state index < -0.39 is 11.6 Å². The number of ether oxygens (including phenoxy) is 2. The Balaban J connectivity index is 1.98. The van der Waals surface area contributed by atoms with E-state index in [0.717, 1.165) is 10.8 Å². The highest BCUT2D eigenvalue weighted by molar-refractivity contribution is 6.04. The lowest BCUT2D eigenvalue weighted by atomic mass is 10.1. The lowest BCUT2D eigenvalue weighted by Crippen LogP contribution is -2.14. The summed E-state index contributed by atoms with van der Waals surface area (Å²) < 4.78 is 15.5. The van der Waals surface area contributed by atoms with Crippen LogP contribution in [0.2, 0.25) is 0 Å². The maximum atomic E-state index is 12.0. The fourth-order valence-corrected chi connectivity index (χ4v) is 2.30. The van der Waals surface area contributed by atoms with Crippen LogP contribution in [0.4, 0.5) is 0 Å². The molecule has 0 bridgehead atoms. The van der Waals surface area contributed by atoms with E-state index in [-0.39, 0.29) is 6.61 Å². The van der Waals surface area contributed by atoms with Crippen LogP contribution >= 0.6 is 0 Å². The highest BCUT2D eigenvalue weighted by Gasteiger charge is 2.09. The van der Waals surface area contributed by atoms with Gasteiger partial charge in [-0.2, -0.15) is 0 Å². The molecule has 3 aromatic rings. The number of esters is 1. The van der Waals surface area contributed by atoms with E-state index in [1.54, 1.807) is 37.3 Å². The molecule has 1 heterocycles. The highest BCUT2D eigenvalue weighted by atomic mass is 16.6. The summed E-state index contributed by atoms with van der Waals surface area (Å²) >= 11 is 0. The summed E-state index contributed by atoms with van der Waals surface area (Å²) in [7, 11) is 0. The van der Waals surface area contributed by atoms with Crippen LogP contribution in [0.5, 0.6) is 5.75 Å². The van der Waals surface area contributed by atoms with Gasteiger partial charge in [0.25, 0.3) is 0 Å². The van der Waals surface area contributed by atoms with Gasteiger partial charge in [0.1, 0.15) is 11.3 Å². The topological polar surface area (TPSA) is 65.7 Å². The van der Waals surface area contributed by atoms with Crippen LogP contribution in [0, 0.1) is 0 Å². The molecule has 2 aromatic carbocycles. The Labute approximate surface area is 126 Å². The molecular weight excluding hydrogens is 284 g/mol. The lowest BCUT2D eigenvalue weighted by Gasteiger charge is -2.07. The molecule has 3 rings (SSSR count). The minimum atomic E-state index is -0.442. The molecule has 0 amide bonds. The van der Waals surface area contributed by atoms with Gasteiger partial charge in [-0.3, -0.25) is 0 Å². The zero-order chi connectivity index (χ0) is 15.5. The predicted octanol–water partition coefficient (Wildman–Crippen LogP) is 2.89. The Morgan fingerprint density at radius 1 is 1.09 bits per heavy atom. The molecule has 0 aliphatic heterocycles. The van der Waals surface area contributed by atoms with Gasteiger partial charge in [-0.1, -0.05) is 18.2 Å². The van der Waals surface area contributed by atoms with Crippen LogP contribution in [0.1, 0.15) is 6.92 Å². The fourth-order valence-electron chi connectivity index (χ4n) is 2.30. The van der Waals surface area contributed by atoms with Crippen molar-refractivity contribution >= 4 is 27.7 Å². The van der Waals surface area contributed by atoms with Crippen molar-refractivity contribution in [1.82, 2.24) is 0 Å². The Kier molecular flexibility index (Phi) is 3.78. The van der Waals surface area contributed by atoms with Crippen LogP contribution in [-0.2, 0) is 9.53 Å². The average molecular weight is 298 g/mol. The molecule has 0 N–H and O–H groups in total. The van der Waals surface area contributed by atoms with Gasteiger partial charge in [0.2, 0.25) is 0 Å². The van der Waals surface area contributed by atoms with Gasteiger partial charge in [0.05, 0.1) is 12.0 Å². The van der Waals surface area contributed by atoms with Gasteiger partial charge in [-0.25, -0.2) is 9.59 Å². The Hall–Kier alpha value is -2.82. The van der Waals surface area contributed by atoms with E-state index >= 15 is 0 Å². The van der Waals surface area contributed by atoms with Gasteiger partial charge in [0, 0.05) is 11.5 Å². The van der Waals surface area contributed by atoms with Crippen molar-refractivity contribution in [1.29, 1.82) is 0 Å². The first-order valence-electron chi connectivity index (χ1n) is 6.93. The number of carbonyl (C=O) groups excluding carboxylic acids is 1. The van der Waals surface area contributed by atoms with Crippen LogP contribution in [0.15, 0.2) is 51.7 Å². The minimum absolute atomic E-state index is 0.183. The second-order valence-corrected chi connectivity index (χ2v) is 4.69. The van der Waals surface area contributed by atoms with Gasteiger partial charge >= 0.3 is 11.6 Å². The highest BCUT2D eigenvalue weighted by Crippen LogP contribution is 2.26. The average Bonchev–Trinajstić information content (AvgIpc) is 2.53. The Bertz CT molecular complexity index is 894. The molecule has 1 aromatic heterocycles. The van der Waals surface area contributed by atoms with Crippen LogP contribution in [0.3, 0.4) is 0 Å². The van der Waals surface area contributed by atoms with Crippen molar-refractivity contribution in [3.63, 3.8) is 0 Å². The van der Waals surface area contributed by atoms with E-state index in [0.29, 0.717) is 23.3 Å². The molecular formula is C17H14O5. The first-order valence-corrected chi connectivity index (χ1v) is 6.93. The van der Waals surface area contributed by atoms with Crippen molar-refractivity contribution in [2.24, 2.45) is 0 Å². The molecule has 0 fully saturated rings. The molecule has 112 valence electrons. The summed E-state index contributed by atoms with van der Waals surface area (Å²) in [5.41, 5.74) is 0.0238. The normalized spacial score (nSPS) is 10.8. The summed E-state index contributed by atoms with van der Waals surface area (Å²) in [6.45, 7) is 1.85. The zero-order valence-corrected chi connectivity index (χ0v) is 12.0.